The fraction of sp³-hybridized carbons (Fsp3) is 0.300. The molecule has 0 saturated carbocycles. The van der Waals surface area contributed by atoms with Crippen LogP contribution in [0.2, 0.25) is 0 Å². The summed E-state index contributed by atoms with van der Waals surface area (Å²) in [5, 5.41) is 6.99. The van der Waals surface area contributed by atoms with E-state index < -0.39 is 0 Å². The third-order valence-electron chi connectivity index (χ3n) is 2.22. The van der Waals surface area contributed by atoms with Gasteiger partial charge in [-0.1, -0.05) is 5.16 Å². The summed E-state index contributed by atoms with van der Waals surface area (Å²) in [6, 6.07) is 0. The van der Waals surface area contributed by atoms with E-state index in [0.29, 0.717) is 12.5 Å². The average molecular weight is 283 g/mol. The van der Waals surface area contributed by atoms with Crippen molar-refractivity contribution in [2.24, 2.45) is 0 Å². The Hall–Kier alpha value is -1.43. The number of anilines is 1. The zero-order chi connectivity index (χ0) is 11.5. The van der Waals surface area contributed by atoms with E-state index in [1.165, 1.54) is 0 Å². The highest BCUT2D eigenvalue weighted by molar-refractivity contribution is 9.10. The van der Waals surface area contributed by atoms with Crippen LogP contribution in [0.1, 0.15) is 17.0 Å². The molecule has 16 heavy (non-hydrogen) atoms. The number of nitrogens with zero attached hydrogens (tertiary/aromatic N) is 3. The van der Waals surface area contributed by atoms with E-state index in [1.54, 1.807) is 12.4 Å². The zero-order valence-electron chi connectivity index (χ0n) is 8.99. The smallest absolute Gasteiger partial charge is 0.222 e. The number of hydrogen-bond donors (Lipinski definition) is 1. The number of nitrogens with one attached hydrogen (secondary N) is 1. The molecule has 0 saturated heterocycles. The second kappa shape index (κ2) is 4.61. The Kier molecular flexibility index (Phi) is 3.19. The third-order valence-corrected chi connectivity index (χ3v) is 2.63. The zero-order valence-corrected chi connectivity index (χ0v) is 10.6. The fourth-order valence-electron chi connectivity index (χ4n) is 1.33. The van der Waals surface area contributed by atoms with Crippen LogP contribution in [0.5, 0.6) is 0 Å². The van der Waals surface area contributed by atoms with Gasteiger partial charge in [-0.3, -0.25) is 0 Å². The summed E-state index contributed by atoms with van der Waals surface area (Å²) in [5.41, 5.74) is 1.94. The third kappa shape index (κ3) is 2.38. The molecule has 0 radical (unpaired) electrons. The van der Waals surface area contributed by atoms with Crippen LogP contribution >= 0.6 is 15.9 Å². The van der Waals surface area contributed by atoms with Crippen LogP contribution in [-0.2, 0) is 6.54 Å². The highest BCUT2D eigenvalue weighted by Crippen LogP contribution is 2.14. The lowest BCUT2D eigenvalue weighted by Crippen LogP contribution is -2.04. The Morgan fingerprint density at radius 1 is 1.31 bits per heavy atom. The van der Waals surface area contributed by atoms with Crippen LogP contribution in [0.3, 0.4) is 0 Å². The van der Waals surface area contributed by atoms with Gasteiger partial charge in [0.25, 0.3) is 0 Å². The van der Waals surface area contributed by atoms with Crippen LogP contribution in [0.25, 0.3) is 0 Å². The lowest BCUT2D eigenvalue weighted by molar-refractivity contribution is 0.392. The van der Waals surface area contributed by atoms with Crippen molar-refractivity contribution in [3.8, 4) is 0 Å². The Balaban J connectivity index is 2.05. The second-order valence-electron chi connectivity index (χ2n) is 3.38. The van der Waals surface area contributed by atoms with Gasteiger partial charge in [0.05, 0.1) is 10.2 Å². The first-order valence-electron chi connectivity index (χ1n) is 4.80. The van der Waals surface area contributed by atoms with Crippen molar-refractivity contribution in [3.63, 3.8) is 0 Å². The summed E-state index contributed by atoms with van der Waals surface area (Å²) in [6.45, 7) is 4.41. The highest BCUT2D eigenvalue weighted by atomic mass is 79.9. The van der Waals surface area contributed by atoms with Crippen molar-refractivity contribution in [3.05, 3.63) is 33.9 Å². The Morgan fingerprint density at radius 2 is 2.00 bits per heavy atom. The number of halogens is 1. The number of hydrogen-bond acceptors (Lipinski definition) is 5. The van der Waals surface area contributed by atoms with E-state index in [1.807, 2.05) is 13.8 Å². The molecule has 0 spiro atoms. The van der Waals surface area contributed by atoms with E-state index in [-0.39, 0.29) is 0 Å². The van der Waals surface area contributed by atoms with E-state index in [0.717, 1.165) is 21.5 Å². The van der Waals surface area contributed by atoms with Gasteiger partial charge in [0.15, 0.2) is 0 Å². The molecule has 0 atom stereocenters. The van der Waals surface area contributed by atoms with Crippen LogP contribution in [0.4, 0.5) is 5.95 Å². The van der Waals surface area contributed by atoms with Gasteiger partial charge in [-0.15, -0.1) is 0 Å². The molecule has 0 aliphatic rings. The van der Waals surface area contributed by atoms with Crippen LogP contribution < -0.4 is 5.32 Å². The summed E-state index contributed by atoms with van der Waals surface area (Å²) in [4.78, 5) is 8.23. The van der Waals surface area contributed by atoms with Crippen molar-refractivity contribution in [2.75, 3.05) is 5.32 Å². The Bertz CT molecular complexity index is 461. The van der Waals surface area contributed by atoms with E-state index in [9.17, 15) is 0 Å². The molecule has 0 fully saturated rings. The lowest BCUT2D eigenvalue weighted by Gasteiger charge is -2.03. The molecule has 0 aliphatic carbocycles. The summed E-state index contributed by atoms with van der Waals surface area (Å²) in [6.07, 6.45) is 3.39. The summed E-state index contributed by atoms with van der Waals surface area (Å²) in [7, 11) is 0. The summed E-state index contributed by atoms with van der Waals surface area (Å²) >= 11 is 3.28. The van der Waals surface area contributed by atoms with Gasteiger partial charge in [-0.05, 0) is 29.8 Å². The average Bonchev–Trinajstić information content (AvgIpc) is 2.59. The summed E-state index contributed by atoms with van der Waals surface area (Å²) < 4.78 is 5.92. The lowest BCUT2D eigenvalue weighted by atomic mass is 10.2. The maximum atomic E-state index is 5.06. The van der Waals surface area contributed by atoms with Crippen molar-refractivity contribution in [1.82, 2.24) is 15.1 Å². The minimum absolute atomic E-state index is 0.586. The normalized spacial score (nSPS) is 10.4. The standard InChI is InChI=1S/C10H11BrN4O/c1-6-9(7(2)16-15-6)5-14-10-12-3-8(11)4-13-10/h3-4H,5H2,1-2H3,(H,12,13,14). The minimum atomic E-state index is 0.586. The molecule has 0 amide bonds. The van der Waals surface area contributed by atoms with E-state index in [2.05, 4.69) is 36.4 Å². The van der Waals surface area contributed by atoms with Gasteiger partial charge in [0, 0.05) is 24.5 Å². The van der Waals surface area contributed by atoms with Gasteiger partial charge in [-0.25, -0.2) is 9.97 Å². The van der Waals surface area contributed by atoms with E-state index in [4.69, 9.17) is 4.52 Å². The first-order valence-corrected chi connectivity index (χ1v) is 5.59. The molecule has 0 unspecified atom stereocenters. The molecular formula is C10H11BrN4O. The second-order valence-corrected chi connectivity index (χ2v) is 4.30. The number of aromatic nitrogens is 3. The first-order chi connectivity index (χ1) is 7.66. The van der Waals surface area contributed by atoms with Gasteiger partial charge < -0.3 is 9.84 Å². The Labute approximate surface area is 101 Å². The van der Waals surface area contributed by atoms with Crippen LogP contribution in [0.15, 0.2) is 21.4 Å². The topological polar surface area (TPSA) is 63.8 Å². The predicted octanol–water partition coefficient (Wildman–Crippen LogP) is 2.46. The first kappa shape index (κ1) is 11.1. The van der Waals surface area contributed by atoms with Gasteiger partial charge >= 0.3 is 0 Å². The largest absolute Gasteiger partial charge is 0.361 e. The molecule has 2 aromatic rings. The number of rotatable bonds is 3. The van der Waals surface area contributed by atoms with Crippen molar-refractivity contribution in [2.45, 2.75) is 20.4 Å². The fourth-order valence-corrected chi connectivity index (χ4v) is 1.53. The highest BCUT2D eigenvalue weighted by Gasteiger charge is 2.08. The molecule has 0 aromatic carbocycles. The molecule has 0 aliphatic heterocycles. The molecular weight excluding hydrogens is 272 g/mol. The molecule has 2 aromatic heterocycles. The molecule has 84 valence electrons. The predicted molar refractivity (Wildman–Crippen MR) is 63.0 cm³/mol. The van der Waals surface area contributed by atoms with Crippen molar-refractivity contribution < 1.29 is 4.52 Å². The Morgan fingerprint density at radius 3 is 2.56 bits per heavy atom. The molecule has 1 N–H and O–H groups in total. The van der Waals surface area contributed by atoms with Crippen LogP contribution in [0, 0.1) is 13.8 Å². The summed E-state index contributed by atoms with van der Waals surface area (Å²) in [5.74, 6) is 1.41. The maximum absolute atomic E-state index is 5.06. The minimum Gasteiger partial charge on any atom is -0.361 e. The molecule has 5 nitrogen and oxygen atoms in total. The monoisotopic (exact) mass is 282 g/mol. The van der Waals surface area contributed by atoms with Crippen molar-refractivity contribution >= 4 is 21.9 Å². The number of aryl methyl sites for hydroxylation is 2. The van der Waals surface area contributed by atoms with Gasteiger partial charge in [0.1, 0.15) is 5.76 Å². The molecule has 2 rings (SSSR count). The van der Waals surface area contributed by atoms with Gasteiger partial charge in [0.2, 0.25) is 5.95 Å². The molecule has 0 bridgehead atoms. The van der Waals surface area contributed by atoms with Crippen LogP contribution in [-0.4, -0.2) is 15.1 Å². The molecule has 6 heteroatoms. The molecule has 2 heterocycles. The SMILES string of the molecule is Cc1noc(C)c1CNc1ncc(Br)cn1. The maximum Gasteiger partial charge on any atom is 0.222 e. The quantitative estimate of drug-likeness (QED) is 0.937. The van der Waals surface area contributed by atoms with Crippen molar-refractivity contribution in [1.29, 1.82) is 0 Å². The van der Waals surface area contributed by atoms with Gasteiger partial charge in [-0.2, -0.15) is 0 Å². The van der Waals surface area contributed by atoms with E-state index >= 15 is 0 Å².